The Morgan fingerprint density at radius 1 is 1.21 bits per heavy atom. The largest absolute Gasteiger partial charge is 0.355 e. The Hall–Kier alpha value is -1.10. The maximum absolute atomic E-state index is 11.5. The predicted molar refractivity (Wildman–Crippen MR) is 54.8 cm³/mol. The zero-order valence-corrected chi connectivity index (χ0v) is 9.23. The summed E-state index contributed by atoms with van der Waals surface area (Å²) in [5.74, 6) is -0.362. The normalized spacial score (nSPS) is 10.9. The molecule has 0 aliphatic rings. The average molecular weight is 201 g/mol. The number of carbonyl (C=O) groups excluding carboxylic acids is 2. The maximum atomic E-state index is 11.5. The van der Waals surface area contributed by atoms with Crippen molar-refractivity contribution in [3.05, 3.63) is 0 Å². The third-order valence-corrected chi connectivity index (χ3v) is 1.98. The van der Waals surface area contributed by atoms with Crippen LogP contribution in [-0.2, 0) is 9.59 Å². The van der Waals surface area contributed by atoms with Crippen molar-refractivity contribution in [3.63, 3.8) is 0 Å². The van der Waals surface area contributed by atoms with Crippen molar-refractivity contribution in [2.75, 3.05) is 20.1 Å². The van der Waals surface area contributed by atoms with E-state index in [2.05, 4.69) is 16.0 Å². The summed E-state index contributed by atoms with van der Waals surface area (Å²) in [7, 11) is 1.70. The zero-order chi connectivity index (χ0) is 11.2. The Labute approximate surface area is 84.6 Å². The third kappa shape index (κ3) is 4.23. The number of hydrogen-bond acceptors (Lipinski definition) is 3. The van der Waals surface area contributed by atoms with Crippen LogP contribution in [-0.4, -0.2) is 37.5 Å². The summed E-state index contributed by atoms with van der Waals surface area (Å²) < 4.78 is 0. The molecule has 5 nitrogen and oxygen atoms in total. The second kappa shape index (κ2) is 5.59. The summed E-state index contributed by atoms with van der Waals surface area (Å²) in [5.41, 5.74) is -0.646. The molecule has 0 unspecified atom stereocenters. The molecule has 0 fully saturated rings. The molecule has 82 valence electrons. The molecule has 0 aromatic heterocycles. The van der Waals surface area contributed by atoms with Crippen molar-refractivity contribution in [2.24, 2.45) is 0 Å². The molecule has 0 atom stereocenters. The lowest BCUT2D eigenvalue weighted by molar-refractivity contribution is -0.129. The lowest BCUT2D eigenvalue weighted by Crippen LogP contribution is -2.52. The molecule has 0 bridgehead atoms. The SMILES string of the molecule is CCNC(=O)CNC(=O)C(C)(C)NC. The van der Waals surface area contributed by atoms with Gasteiger partial charge in [0.05, 0.1) is 12.1 Å². The zero-order valence-electron chi connectivity index (χ0n) is 9.23. The topological polar surface area (TPSA) is 70.2 Å². The van der Waals surface area contributed by atoms with Crippen LogP contribution in [0.4, 0.5) is 0 Å². The van der Waals surface area contributed by atoms with E-state index in [-0.39, 0.29) is 18.4 Å². The number of rotatable bonds is 5. The van der Waals surface area contributed by atoms with Crippen molar-refractivity contribution in [2.45, 2.75) is 26.3 Å². The van der Waals surface area contributed by atoms with E-state index in [0.717, 1.165) is 0 Å². The maximum Gasteiger partial charge on any atom is 0.240 e. The summed E-state index contributed by atoms with van der Waals surface area (Å²) >= 11 is 0. The van der Waals surface area contributed by atoms with Gasteiger partial charge in [0.2, 0.25) is 11.8 Å². The van der Waals surface area contributed by atoms with Crippen molar-refractivity contribution < 1.29 is 9.59 Å². The first-order valence-corrected chi connectivity index (χ1v) is 4.68. The number of amides is 2. The minimum absolute atomic E-state index is 0.0256. The molecule has 0 radical (unpaired) electrons. The predicted octanol–water partition coefficient (Wildman–Crippen LogP) is -0.763. The van der Waals surface area contributed by atoms with Crippen LogP contribution in [0.2, 0.25) is 0 Å². The van der Waals surface area contributed by atoms with Gasteiger partial charge in [0.15, 0.2) is 0 Å². The van der Waals surface area contributed by atoms with Gasteiger partial charge in [-0.15, -0.1) is 0 Å². The quantitative estimate of drug-likeness (QED) is 0.547. The fourth-order valence-corrected chi connectivity index (χ4v) is 0.755. The molecule has 0 rings (SSSR count). The number of nitrogens with one attached hydrogen (secondary N) is 3. The van der Waals surface area contributed by atoms with Gasteiger partial charge < -0.3 is 16.0 Å². The number of carbonyl (C=O) groups is 2. The highest BCUT2D eigenvalue weighted by Crippen LogP contribution is 1.99. The molecule has 0 spiro atoms. The monoisotopic (exact) mass is 201 g/mol. The lowest BCUT2D eigenvalue weighted by atomic mass is 10.1. The van der Waals surface area contributed by atoms with E-state index >= 15 is 0 Å². The Bertz CT molecular complexity index is 214. The van der Waals surface area contributed by atoms with E-state index in [4.69, 9.17) is 0 Å². The molecule has 5 heteroatoms. The molecular formula is C9H19N3O2. The first-order valence-electron chi connectivity index (χ1n) is 4.68. The second-order valence-corrected chi connectivity index (χ2v) is 3.51. The minimum Gasteiger partial charge on any atom is -0.355 e. The van der Waals surface area contributed by atoms with Crippen molar-refractivity contribution >= 4 is 11.8 Å². The summed E-state index contributed by atoms with van der Waals surface area (Å²) in [6.45, 7) is 5.93. The van der Waals surface area contributed by atoms with Gasteiger partial charge in [0.25, 0.3) is 0 Å². The van der Waals surface area contributed by atoms with Gasteiger partial charge in [0, 0.05) is 6.54 Å². The molecule has 3 N–H and O–H groups in total. The van der Waals surface area contributed by atoms with Crippen LogP contribution in [0.5, 0.6) is 0 Å². The molecule has 0 aliphatic heterocycles. The Balaban J connectivity index is 3.91. The van der Waals surface area contributed by atoms with E-state index in [1.807, 2.05) is 6.92 Å². The lowest BCUT2D eigenvalue weighted by Gasteiger charge is -2.22. The van der Waals surface area contributed by atoms with Crippen molar-refractivity contribution in [1.82, 2.24) is 16.0 Å². The molecule has 0 aromatic carbocycles. The van der Waals surface area contributed by atoms with Crippen LogP contribution in [0, 0.1) is 0 Å². The van der Waals surface area contributed by atoms with Gasteiger partial charge >= 0.3 is 0 Å². The highest BCUT2D eigenvalue weighted by atomic mass is 16.2. The van der Waals surface area contributed by atoms with Gasteiger partial charge in [-0.1, -0.05) is 0 Å². The average Bonchev–Trinajstić information content (AvgIpc) is 2.14. The standard InChI is InChI=1S/C9H19N3O2/c1-5-11-7(13)6-12-8(14)9(2,3)10-4/h10H,5-6H2,1-4H3,(H,11,13)(H,12,14). The molecule has 0 aliphatic carbocycles. The molecular weight excluding hydrogens is 182 g/mol. The minimum atomic E-state index is -0.646. The van der Waals surface area contributed by atoms with Crippen LogP contribution >= 0.6 is 0 Å². The number of likely N-dealkylation sites (N-methyl/N-ethyl adjacent to an activating group) is 2. The van der Waals surface area contributed by atoms with Crippen molar-refractivity contribution in [1.29, 1.82) is 0 Å². The summed E-state index contributed by atoms with van der Waals surface area (Å²) in [4.78, 5) is 22.5. The molecule has 0 saturated carbocycles. The van der Waals surface area contributed by atoms with E-state index in [0.29, 0.717) is 6.54 Å². The fraction of sp³-hybridized carbons (Fsp3) is 0.778. The van der Waals surface area contributed by atoms with E-state index < -0.39 is 5.54 Å². The Morgan fingerprint density at radius 2 is 1.79 bits per heavy atom. The highest BCUT2D eigenvalue weighted by Gasteiger charge is 2.24. The third-order valence-electron chi connectivity index (χ3n) is 1.98. The van der Waals surface area contributed by atoms with Gasteiger partial charge in [-0.25, -0.2) is 0 Å². The molecule has 0 aromatic rings. The summed E-state index contributed by atoms with van der Waals surface area (Å²) in [6, 6.07) is 0. The first-order chi connectivity index (χ1) is 6.44. The van der Waals surface area contributed by atoms with Gasteiger partial charge in [0.1, 0.15) is 0 Å². The van der Waals surface area contributed by atoms with Crippen LogP contribution in [0.1, 0.15) is 20.8 Å². The smallest absolute Gasteiger partial charge is 0.240 e. The van der Waals surface area contributed by atoms with Gasteiger partial charge in [-0.05, 0) is 27.8 Å². The highest BCUT2D eigenvalue weighted by molar-refractivity contribution is 5.89. The number of hydrogen-bond donors (Lipinski definition) is 3. The summed E-state index contributed by atoms with van der Waals surface area (Å²) in [5, 5.41) is 7.99. The van der Waals surface area contributed by atoms with Gasteiger partial charge in [-0.3, -0.25) is 9.59 Å². The first kappa shape index (κ1) is 12.9. The van der Waals surface area contributed by atoms with Crippen LogP contribution < -0.4 is 16.0 Å². The van der Waals surface area contributed by atoms with E-state index in [9.17, 15) is 9.59 Å². The van der Waals surface area contributed by atoms with Crippen LogP contribution in [0.25, 0.3) is 0 Å². The fourth-order valence-electron chi connectivity index (χ4n) is 0.755. The van der Waals surface area contributed by atoms with E-state index in [1.54, 1.807) is 20.9 Å². The Kier molecular flexibility index (Phi) is 5.15. The molecule has 14 heavy (non-hydrogen) atoms. The van der Waals surface area contributed by atoms with Crippen LogP contribution in [0.15, 0.2) is 0 Å². The van der Waals surface area contributed by atoms with E-state index in [1.165, 1.54) is 0 Å². The Morgan fingerprint density at radius 3 is 2.21 bits per heavy atom. The second-order valence-electron chi connectivity index (χ2n) is 3.51. The van der Waals surface area contributed by atoms with Crippen LogP contribution in [0.3, 0.4) is 0 Å². The van der Waals surface area contributed by atoms with Gasteiger partial charge in [-0.2, -0.15) is 0 Å². The molecule has 0 heterocycles. The molecule has 0 saturated heterocycles. The molecule has 2 amide bonds. The summed E-state index contributed by atoms with van der Waals surface area (Å²) in [6.07, 6.45) is 0. The van der Waals surface area contributed by atoms with Crippen molar-refractivity contribution in [3.8, 4) is 0 Å².